The Balaban J connectivity index is 1.70. The van der Waals surface area contributed by atoms with E-state index in [1.807, 2.05) is 6.07 Å². The topological polar surface area (TPSA) is 12.0 Å². The fourth-order valence-electron chi connectivity index (χ4n) is 2.42. The van der Waals surface area contributed by atoms with Crippen molar-refractivity contribution in [3.05, 3.63) is 55.1 Å². The second kappa shape index (κ2) is 5.33. The molecule has 1 N–H and O–H groups in total. The second-order valence-electron chi connectivity index (χ2n) is 4.49. The summed E-state index contributed by atoms with van der Waals surface area (Å²) >= 11 is 11.4. The summed E-state index contributed by atoms with van der Waals surface area (Å²) in [5, 5.41) is 3.63. The van der Waals surface area contributed by atoms with E-state index in [9.17, 15) is 0 Å². The smallest absolute Gasteiger partial charge is 0.0934 e. The number of rotatable bonds is 3. The van der Waals surface area contributed by atoms with Crippen LogP contribution in [0.4, 0.5) is 0 Å². The summed E-state index contributed by atoms with van der Waals surface area (Å²) in [7, 11) is 0. The van der Waals surface area contributed by atoms with Gasteiger partial charge in [0.1, 0.15) is 0 Å². The summed E-state index contributed by atoms with van der Waals surface area (Å²) in [4.78, 5) is 1.45. The zero-order valence-corrected chi connectivity index (χ0v) is 12.9. The summed E-state index contributed by atoms with van der Waals surface area (Å²) in [5.74, 6) is 0. The summed E-state index contributed by atoms with van der Waals surface area (Å²) in [6.07, 6.45) is 2.34. The number of hydrogen-bond donors (Lipinski definition) is 1. The SMILES string of the molecule is Clc1cc2c(s1)CCC2NCc1ccccc1Br. The molecule has 1 aromatic heterocycles. The maximum absolute atomic E-state index is 6.07. The van der Waals surface area contributed by atoms with E-state index in [0.29, 0.717) is 6.04 Å². The van der Waals surface area contributed by atoms with Crippen LogP contribution >= 0.6 is 38.9 Å². The Kier molecular flexibility index (Phi) is 3.76. The van der Waals surface area contributed by atoms with Crippen molar-refractivity contribution in [2.45, 2.75) is 25.4 Å². The van der Waals surface area contributed by atoms with Gasteiger partial charge in [0.2, 0.25) is 0 Å². The fourth-order valence-corrected chi connectivity index (χ4v) is 4.20. The van der Waals surface area contributed by atoms with E-state index in [1.165, 1.54) is 26.9 Å². The first-order valence-electron chi connectivity index (χ1n) is 5.99. The molecule has 0 amide bonds. The van der Waals surface area contributed by atoms with Crippen molar-refractivity contribution < 1.29 is 0 Å². The van der Waals surface area contributed by atoms with Gasteiger partial charge in [0.15, 0.2) is 0 Å². The molecular weight excluding hydrogens is 330 g/mol. The van der Waals surface area contributed by atoms with Crippen LogP contribution < -0.4 is 5.32 Å². The van der Waals surface area contributed by atoms with Crippen molar-refractivity contribution in [3.8, 4) is 0 Å². The number of thiophene rings is 1. The predicted molar refractivity (Wildman–Crippen MR) is 81.4 cm³/mol. The molecule has 0 fully saturated rings. The molecule has 18 heavy (non-hydrogen) atoms. The van der Waals surface area contributed by atoms with Gasteiger partial charge in [-0.05, 0) is 36.1 Å². The molecule has 0 radical (unpaired) electrons. The predicted octanol–water partition coefficient (Wildman–Crippen LogP) is 4.94. The second-order valence-corrected chi connectivity index (χ2v) is 7.11. The first-order chi connectivity index (χ1) is 8.74. The highest BCUT2D eigenvalue weighted by Gasteiger charge is 2.24. The molecule has 1 atom stereocenters. The minimum absolute atomic E-state index is 0.454. The highest BCUT2D eigenvalue weighted by molar-refractivity contribution is 9.10. The summed E-state index contributed by atoms with van der Waals surface area (Å²) in [6.45, 7) is 0.888. The molecular formula is C14H13BrClNS. The monoisotopic (exact) mass is 341 g/mol. The normalized spacial score (nSPS) is 18.0. The van der Waals surface area contributed by atoms with Gasteiger partial charge in [-0.25, -0.2) is 0 Å². The number of halogens is 2. The zero-order valence-electron chi connectivity index (χ0n) is 9.75. The van der Waals surface area contributed by atoms with Gasteiger partial charge in [-0.15, -0.1) is 11.3 Å². The molecule has 0 bridgehead atoms. The Bertz CT molecular complexity index is 567. The third kappa shape index (κ3) is 2.50. The van der Waals surface area contributed by atoms with Crippen LogP contribution in [0.25, 0.3) is 0 Å². The van der Waals surface area contributed by atoms with Crippen LogP contribution in [0.5, 0.6) is 0 Å². The number of benzene rings is 1. The molecule has 0 saturated heterocycles. The van der Waals surface area contributed by atoms with Crippen molar-refractivity contribution in [3.63, 3.8) is 0 Å². The average molecular weight is 343 g/mol. The van der Waals surface area contributed by atoms with Crippen molar-refractivity contribution in [2.75, 3.05) is 0 Å². The maximum atomic E-state index is 6.07. The van der Waals surface area contributed by atoms with Crippen LogP contribution in [0.1, 0.15) is 28.5 Å². The van der Waals surface area contributed by atoms with Crippen molar-refractivity contribution in [2.24, 2.45) is 0 Å². The molecule has 3 rings (SSSR count). The Morgan fingerprint density at radius 1 is 1.39 bits per heavy atom. The van der Waals surface area contributed by atoms with Gasteiger partial charge in [0.05, 0.1) is 4.34 Å². The molecule has 2 aromatic rings. The van der Waals surface area contributed by atoms with E-state index in [0.717, 1.165) is 17.3 Å². The van der Waals surface area contributed by atoms with E-state index in [-0.39, 0.29) is 0 Å². The molecule has 1 nitrogen and oxygen atoms in total. The highest BCUT2D eigenvalue weighted by atomic mass is 79.9. The van der Waals surface area contributed by atoms with Crippen LogP contribution in [0.3, 0.4) is 0 Å². The van der Waals surface area contributed by atoms with Crippen LogP contribution in [0.15, 0.2) is 34.8 Å². The van der Waals surface area contributed by atoms with Gasteiger partial charge in [0.25, 0.3) is 0 Å². The molecule has 4 heteroatoms. The fraction of sp³-hybridized carbons (Fsp3) is 0.286. The molecule has 1 aliphatic rings. The van der Waals surface area contributed by atoms with Crippen molar-refractivity contribution >= 4 is 38.9 Å². The lowest BCUT2D eigenvalue weighted by Crippen LogP contribution is -2.18. The summed E-state index contributed by atoms with van der Waals surface area (Å²) in [5.41, 5.74) is 2.70. The number of nitrogens with one attached hydrogen (secondary N) is 1. The lowest BCUT2D eigenvalue weighted by Gasteiger charge is -2.13. The zero-order chi connectivity index (χ0) is 12.5. The van der Waals surface area contributed by atoms with E-state index in [1.54, 1.807) is 11.3 Å². The molecule has 1 aromatic carbocycles. The van der Waals surface area contributed by atoms with Gasteiger partial charge >= 0.3 is 0 Å². The van der Waals surface area contributed by atoms with Gasteiger partial charge in [-0.1, -0.05) is 45.7 Å². The number of aryl methyl sites for hydroxylation is 1. The minimum atomic E-state index is 0.454. The Morgan fingerprint density at radius 2 is 2.22 bits per heavy atom. The minimum Gasteiger partial charge on any atom is -0.306 e. The Hall–Kier alpha value is -0.350. The first kappa shape index (κ1) is 12.7. The lowest BCUT2D eigenvalue weighted by molar-refractivity contribution is 0.529. The summed E-state index contributed by atoms with van der Waals surface area (Å²) in [6, 6.07) is 10.9. The Morgan fingerprint density at radius 3 is 3.06 bits per heavy atom. The third-order valence-corrected chi connectivity index (χ3v) is 5.46. The van der Waals surface area contributed by atoms with E-state index in [4.69, 9.17) is 11.6 Å². The van der Waals surface area contributed by atoms with Crippen LogP contribution in [0.2, 0.25) is 4.34 Å². The molecule has 0 saturated carbocycles. The molecule has 94 valence electrons. The molecule has 1 aliphatic carbocycles. The van der Waals surface area contributed by atoms with E-state index < -0.39 is 0 Å². The van der Waals surface area contributed by atoms with Crippen molar-refractivity contribution in [1.29, 1.82) is 0 Å². The lowest BCUT2D eigenvalue weighted by atomic mass is 10.1. The molecule has 0 aliphatic heterocycles. The van der Waals surface area contributed by atoms with E-state index >= 15 is 0 Å². The van der Waals surface area contributed by atoms with Crippen LogP contribution in [0, 0.1) is 0 Å². The third-order valence-electron chi connectivity index (χ3n) is 3.34. The van der Waals surface area contributed by atoms with Gasteiger partial charge < -0.3 is 5.32 Å². The largest absolute Gasteiger partial charge is 0.306 e. The van der Waals surface area contributed by atoms with Crippen molar-refractivity contribution in [1.82, 2.24) is 5.32 Å². The van der Waals surface area contributed by atoms with Crippen LogP contribution in [-0.2, 0) is 13.0 Å². The molecule has 0 spiro atoms. The Labute approximate surface area is 124 Å². The molecule has 1 unspecified atom stereocenters. The highest BCUT2D eigenvalue weighted by Crippen LogP contribution is 2.39. The standard InChI is InChI=1S/C14H13BrClNS/c15-11-4-2-1-3-9(11)8-17-12-5-6-13-10(12)7-14(16)18-13/h1-4,7,12,17H,5-6,8H2. The number of hydrogen-bond acceptors (Lipinski definition) is 2. The van der Waals surface area contributed by atoms with Gasteiger partial charge in [0, 0.05) is 21.9 Å². The maximum Gasteiger partial charge on any atom is 0.0934 e. The van der Waals surface area contributed by atoms with Gasteiger partial charge in [-0.3, -0.25) is 0 Å². The molecule has 1 heterocycles. The first-order valence-corrected chi connectivity index (χ1v) is 7.97. The summed E-state index contributed by atoms with van der Waals surface area (Å²) < 4.78 is 2.08. The quantitative estimate of drug-likeness (QED) is 0.833. The van der Waals surface area contributed by atoms with Gasteiger partial charge in [-0.2, -0.15) is 0 Å². The number of fused-ring (bicyclic) bond motifs is 1. The van der Waals surface area contributed by atoms with E-state index in [2.05, 4.69) is 45.5 Å². The average Bonchev–Trinajstić information content (AvgIpc) is 2.88. The van der Waals surface area contributed by atoms with Crippen LogP contribution in [-0.4, -0.2) is 0 Å².